The van der Waals surface area contributed by atoms with Crippen LogP contribution in [0.25, 0.3) is 0 Å². The minimum atomic E-state index is -0.296. The topological polar surface area (TPSA) is 72.5 Å². The van der Waals surface area contributed by atoms with Gasteiger partial charge in [0.05, 0.1) is 17.6 Å². The van der Waals surface area contributed by atoms with E-state index in [0.29, 0.717) is 29.5 Å². The minimum Gasteiger partial charge on any atom is -0.455 e. The molecule has 0 spiro atoms. The molecule has 2 N–H and O–H groups in total. The number of benzene rings is 2. The van der Waals surface area contributed by atoms with Gasteiger partial charge in [0, 0.05) is 20.3 Å². The van der Waals surface area contributed by atoms with Gasteiger partial charge < -0.3 is 20.1 Å². The molecule has 1 amide bonds. The summed E-state index contributed by atoms with van der Waals surface area (Å²) in [6.07, 6.45) is 2.55. The van der Waals surface area contributed by atoms with Gasteiger partial charge >= 0.3 is 0 Å². The number of anilines is 2. The van der Waals surface area contributed by atoms with Gasteiger partial charge in [-0.15, -0.1) is 0 Å². The third-order valence-electron chi connectivity index (χ3n) is 3.96. The van der Waals surface area contributed by atoms with Crippen molar-refractivity contribution in [1.29, 1.82) is 0 Å². The first kappa shape index (κ1) is 19.4. The quantitative estimate of drug-likeness (QED) is 0.534. The van der Waals surface area contributed by atoms with Crippen molar-refractivity contribution in [1.82, 2.24) is 4.98 Å². The molecule has 0 unspecified atom stereocenters. The Kier molecular flexibility index (Phi) is 6.98. The SMILES string of the molecule is COCCCNc1ccc(C(=O)Nc2ccccc2Oc2ccccc2)nc1. The summed E-state index contributed by atoms with van der Waals surface area (Å²) in [6.45, 7) is 1.48. The van der Waals surface area contributed by atoms with E-state index in [1.807, 2.05) is 54.6 Å². The lowest BCUT2D eigenvalue weighted by Crippen LogP contribution is -2.14. The van der Waals surface area contributed by atoms with E-state index >= 15 is 0 Å². The molecule has 0 aliphatic heterocycles. The molecule has 0 bridgehead atoms. The Morgan fingerprint density at radius 1 is 1.00 bits per heavy atom. The predicted octanol–water partition coefficient (Wildman–Crippen LogP) is 4.57. The van der Waals surface area contributed by atoms with Crippen LogP contribution >= 0.6 is 0 Å². The van der Waals surface area contributed by atoms with Crippen LogP contribution in [0.3, 0.4) is 0 Å². The van der Waals surface area contributed by atoms with Gasteiger partial charge in [0.2, 0.25) is 0 Å². The van der Waals surface area contributed by atoms with Crippen LogP contribution in [-0.2, 0) is 4.74 Å². The van der Waals surface area contributed by atoms with Gasteiger partial charge in [-0.05, 0) is 42.8 Å². The third-order valence-corrected chi connectivity index (χ3v) is 3.96. The monoisotopic (exact) mass is 377 g/mol. The first-order valence-electron chi connectivity index (χ1n) is 9.08. The van der Waals surface area contributed by atoms with Gasteiger partial charge in [-0.25, -0.2) is 4.98 Å². The van der Waals surface area contributed by atoms with Crippen molar-refractivity contribution >= 4 is 17.3 Å². The molecule has 0 saturated carbocycles. The van der Waals surface area contributed by atoms with Gasteiger partial charge in [-0.2, -0.15) is 0 Å². The number of ether oxygens (including phenoxy) is 2. The van der Waals surface area contributed by atoms with Gasteiger partial charge in [0.15, 0.2) is 5.75 Å². The molecule has 6 heteroatoms. The second-order valence-electron chi connectivity index (χ2n) is 6.07. The highest BCUT2D eigenvalue weighted by molar-refractivity contribution is 6.03. The van der Waals surface area contributed by atoms with Gasteiger partial charge in [-0.3, -0.25) is 4.79 Å². The molecule has 0 atom stereocenters. The average Bonchev–Trinajstić information content (AvgIpc) is 2.74. The smallest absolute Gasteiger partial charge is 0.274 e. The van der Waals surface area contributed by atoms with Crippen LogP contribution in [0, 0.1) is 0 Å². The van der Waals surface area contributed by atoms with Gasteiger partial charge in [-0.1, -0.05) is 30.3 Å². The van der Waals surface area contributed by atoms with E-state index in [-0.39, 0.29) is 5.91 Å². The zero-order valence-corrected chi connectivity index (χ0v) is 15.7. The van der Waals surface area contributed by atoms with Crippen molar-refractivity contribution in [3.63, 3.8) is 0 Å². The fourth-order valence-corrected chi connectivity index (χ4v) is 2.54. The largest absolute Gasteiger partial charge is 0.455 e. The van der Waals surface area contributed by atoms with E-state index in [0.717, 1.165) is 18.7 Å². The number of hydrogen-bond donors (Lipinski definition) is 2. The summed E-state index contributed by atoms with van der Waals surface area (Å²) >= 11 is 0. The molecule has 0 aliphatic rings. The Bertz CT molecular complexity index is 883. The van der Waals surface area contributed by atoms with Crippen LogP contribution in [0.15, 0.2) is 72.9 Å². The number of carbonyl (C=O) groups is 1. The highest BCUT2D eigenvalue weighted by atomic mass is 16.5. The normalized spacial score (nSPS) is 10.3. The number of rotatable bonds is 9. The van der Waals surface area contributed by atoms with E-state index < -0.39 is 0 Å². The zero-order chi connectivity index (χ0) is 19.6. The molecule has 144 valence electrons. The van der Waals surface area contributed by atoms with Crippen LogP contribution in [0.1, 0.15) is 16.9 Å². The number of carbonyl (C=O) groups excluding carboxylic acids is 1. The lowest BCUT2D eigenvalue weighted by atomic mass is 10.2. The first-order valence-corrected chi connectivity index (χ1v) is 9.08. The Morgan fingerprint density at radius 3 is 2.54 bits per heavy atom. The van der Waals surface area contributed by atoms with Crippen molar-refractivity contribution in [2.45, 2.75) is 6.42 Å². The highest BCUT2D eigenvalue weighted by Crippen LogP contribution is 2.29. The third kappa shape index (κ3) is 5.56. The first-order chi connectivity index (χ1) is 13.8. The zero-order valence-electron chi connectivity index (χ0n) is 15.7. The maximum Gasteiger partial charge on any atom is 0.274 e. The lowest BCUT2D eigenvalue weighted by Gasteiger charge is -2.12. The maximum atomic E-state index is 12.6. The van der Waals surface area contributed by atoms with E-state index in [2.05, 4.69) is 15.6 Å². The molecule has 1 heterocycles. The summed E-state index contributed by atoms with van der Waals surface area (Å²) < 4.78 is 10.9. The second-order valence-corrected chi connectivity index (χ2v) is 6.07. The van der Waals surface area contributed by atoms with Crippen molar-refractivity contribution in [3.05, 3.63) is 78.6 Å². The molecule has 3 aromatic rings. The van der Waals surface area contributed by atoms with E-state index in [1.165, 1.54) is 0 Å². The van der Waals surface area contributed by atoms with Crippen LogP contribution in [0.5, 0.6) is 11.5 Å². The number of para-hydroxylation sites is 3. The molecular weight excluding hydrogens is 354 g/mol. The van der Waals surface area contributed by atoms with Crippen molar-refractivity contribution in [2.24, 2.45) is 0 Å². The molecular formula is C22H23N3O3. The number of amides is 1. The molecule has 2 aromatic carbocycles. The van der Waals surface area contributed by atoms with Crippen LogP contribution < -0.4 is 15.4 Å². The van der Waals surface area contributed by atoms with Crippen molar-refractivity contribution in [3.8, 4) is 11.5 Å². The molecule has 0 aliphatic carbocycles. The van der Waals surface area contributed by atoms with Gasteiger partial charge in [0.1, 0.15) is 11.4 Å². The van der Waals surface area contributed by atoms with E-state index in [1.54, 1.807) is 25.4 Å². The number of nitrogens with one attached hydrogen (secondary N) is 2. The van der Waals surface area contributed by atoms with E-state index in [4.69, 9.17) is 9.47 Å². The molecule has 3 rings (SSSR count). The average molecular weight is 377 g/mol. The number of pyridine rings is 1. The molecule has 0 fully saturated rings. The summed E-state index contributed by atoms with van der Waals surface area (Å²) in [5.74, 6) is 0.972. The molecule has 28 heavy (non-hydrogen) atoms. The number of nitrogens with zero attached hydrogens (tertiary/aromatic N) is 1. The number of hydrogen-bond acceptors (Lipinski definition) is 5. The Morgan fingerprint density at radius 2 is 1.79 bits per heavy atom. The van der Waals surface area contributed by atoms with Crippen LogP contribution in [0.2, 0.25) is 0 Å². The fraction of sp³-hybridized carbons (Fsp3) is 0.182. The predicted molar refractivity (Wildman–Crippen MR) is 110 cm³/mol. The second kappa shape index (κ2) is 10.1. The number of methoxy groups -OCH3 is 1. The van der Waals surface area contributed by atoms with Crippen molar-refractivity contribution in [2.75, 3.05) is 30.9 Å². The highest BCUT2D eigenvalue weighted by Gasteiger charge is 2.11. The van der Waals surface area contributed by atoms with Crippen molar-refractivity contribution < 1.29 is 14.3 Å². The Hall–Kier alpha value is -3.38. The van der Waals surface area contributed by atoms with Crippen LogP contribution in [-0.4, -0.2) is 31.2 Å². The molecule has 1 aromatic heterocycles. The molecule has 0 radical (unpaired) electrons. The van der Waals surface area contributed by atoms with Crippen LogP contribution in [0.4, 0.5) is 11.4 Å². The summed E-state index contributed by atoms with van der Waals surface area (Å²) in [4.78, 5) is 16.8. The summed E-state index contributed by atoms with van der Waals surface area (Å²) in [5, 5.41) is 6.10. The lowest BCUT2D eigenvalue weighted by molar-refractivity contribution is 0.102. The number of aromatic nitrogens is 1. The fourth-order valence-electron chi connectivity index (χ4n) is 2.54. The Labute approximate surface area is 164 Å². The molecule has 6 nitrogen and oxygen atoms in total. The minimum absolute atomic E-state index is 0.296. The maximum absolute atomic E-state index is 12.6. The van der Waals surface area contributed by atoms with Gasteiger partial charge in [0.25, 0.3) is 5.91 Å². The Balaban J connectivity index is 1.63. The van der Waals surface area contributed by atoms with E-state index in [9.17, 15) is 4.79 Å². The summed E-state index contributed by atoms with van der Waals surface area (Å²) in [5.41, 5.74) is 1.78. The molecule has 0 saturated heterocycles. The summed E-state index contributed by atoms with van der Waals surface area (Å²) in [6, 6.07) is 20.3. The standard InChI is InChI=1S/C22H23N3O3/c1-27-15-7-14-23-17-12-13-20(24-16-17)22(26)25-19-10-5-6-11-21(19)28-18-8-3-2-4-9-18/h2-6,8-13,16,23H,7,14-15H2,1H3,(H,25,26). The summed E-state index contributed by atoms with van der Waals surface area (Å²) in [7, 11) is 1.68.